The van der Waals surface area contributed by atoms with Gasteiger partial charge in [0, 0.05) is 12.8 Å². The summed E-state index contributed by atoms with van der Waals surface area (Å²) < 4.78 is 41.9. The van der Waals surface area contributed by atoms with E-state index in [1.165, 1.54) is 48.5 Å². The molecular formula is C15H16F3N3O. The fourth-order valence-corrected chi connectivity index (χ4v) is 2.85. The van der Waals surface area contributed by atoms with Gasteiger partial charge in [0.1, 0.15) is 18.5 Å². The average Bonchev–Trinajstić information content (AvgIpc) is 2.79. The second-order valence-corrected chi connectivity index (χ2v) is 6.14. The number of hydrogen-bond donors (Lipinski definition) is 1. The van der Waals surface area contributed by atoms with Crippen molar-refractivity contribution in [1.82, 2.24) is 14.8 Å². The Kier molecular flexibility index (Phi) is 3.28. The molecule has 1 heterocycles. The summed E-state index contributed by atoms with van der Waals surface area (Å²) >= 11 is 0. The summed E-state index contributed by atoms with van der Waals surface area (Å²) in [5.41, 5.74) is -2.66. The maximum absolute atomic E-state index is 13.8. The average molecular weight is 311 g/mol. The first-order valence-corrected chi connectivity index (χ1v) is 6.93. The lowest BCUT2D eigenvalue weighted by Gasteiger charge is -2.34. The normalized spacial score (nSPS) is 25.7. The third-order valence-electron chi connectivity index (χ3n) is 4.58. The van der Waals surface area contributed by atoms with E-state index in [1.54, 1.807) is 0 Å². The molecule has 0 amide bonds. The minimum atomic E-state index is -2.93. The molecule has 2 unspecified atom stereocenters. The molecule has 7 heteroatoms. The van der Waals surface area contributed by atoms with E-state index in [1.807, 2.05) is 0 Å². The summed E-state index contributed by atoms with van der Waals surface area (Å²) in [5, 5.41) is 14.9. The van der Waals surface area contributed by atoms with Crippen LogP contribution in [0.25, 0.3) is 0 Å². The van der Waals surface area contributed by atoms with Crippen LogP contribution in [0.5, 0.6) is 0 Å². The molecule has 0 radical (unpaired) electrons. The van der Waals surface area contributed by atoms with Crippen LogP contribution >= 0.6 is 0 Å². The van der Waals surface area contributed by atoms with Crippen LogP contribution in [0.15, 0.2) is 36.9 Å². The highest BCUT2D eigenvalue weighted by Gasteiger charge is 2.76. The first-order chi connectivity index (χ1) is 10.3. The maximum Gasteiger partial charge on any atom is 0.257 e. The molecule has 1 aliphatic carbocycles. The maximum atomic E-state index is 13.8. The molecule has 0 bridgehead atoms. The molecule has 1 aromatic carbocycles. The predicted octanol–water partition coefficient (Wildman–Crippen LogP) is 2.44. The third-order valence-corrected chi connectivity index (χ3v) is 4.58. The highest BCUT2D eigenvalue weighted by molar-refractivity contribution is 5.24. The molecule has 118 valence electrons. The molecule has 1 fully saturated rings. The Labute approximate surface area is 125 Å². The first-order valence-electron chi connectivity index (χ1n) is 6.93. The Bertz CT molecular complexity index is 659. The lowest BCUT2D eigenvalue weighted by Crippen LogP contribution is -2.47. The molecule has 4 nitrogen and oxygen atoms in total. The van der Waals surface area contributed by atoms with E-state index in [4.69, 9.17) is 0 Å². The predicted molar refractivity (Wildman–Crippen MR) is 72.7 cm³/mol. The standard InChI is InChI=1S/C15H16F3N3O/c1-13(7-15(13,17)18)14(22,8-21-10-19-9-20-21)6-11-2-4-12(16)5-3-11/h2-5,9-10,22H,6-8H2,1H3. The number of nitrogens with zero attached hydrogens (tertiary/aromatic N) is 3. The van der Waals surface area contributed by atoms with Gasteiger partial charge in [0.15, 0.2) is 0 Å². The molecule has 1 aliphatic rings. The molecule has 1 aromatic heterocycles. The van der Waals surface area contributed by atoms with E-state index in [-0.39, 0.29) is 19.4 Å². The summed E-state index contributed by atoms with van der Waals surface area (Å²) in [6, 6.07) is 5.48. The van der Waals surface area contributed by atoms with Crippen LogP contribution in [-0.4, -0.2) is 31.4 Å². The van der Waals surface area contributed by atoms with Gasteiger partial charge in [0.05, 0.1) is 17.6 Å². The quantitative estimate of drug-likeness (QED) is 0.923. The van der Waals surface area contributed by atoms with Gasteiger partial charge in [0.25, 0.3) is 5.92 Å². The van der Waals surface area contributed by atoms with Gasteiger partial charge < -0.3 is 5.11 Å². The van der Waals surface area contributed by atoms with E-state index in [2.05, 4.69) is 10.1 Å². The number of aromatic nitrogens is 3. The smallest absolute Gasteiger partial charge is 0.257 e. The molecular weight excluding hydrogens is 295 g/mol. The van der Waals surface area contributed by atoms with Crippen molar-refractivity contribution in [3.8, 4) is 0 Å². The summed E-state index contributed by atoms with van der Waals surface area (Å²) in [7, 11) is 0. The van der Waals surface area contributed by atoms with Crippen molar-refractivity contribution in [2.75, 3.05) is 0 Å². The lowest BCUT2D eigenvalue weighted by atomic mass is 9.80. The summed E-state index contributed by atoms with van der Waals surface area (Å²) in [4.78, 5) is 3.77. The van der Waals surface area contributed by atoms with Gasteiger partial charge in [-0.3, -0.25) is 4.68 Å². The summed E-state index contributed by atoms with van der Waals surface area (Å²) in [6.07, 6.45) is 2.26. The van der Waals surface area contributed by atoms with Crippen LogP contribution in [0.1, 0.15) is 18.9 Å². The lowest BCUT2D eigenvalue weighted by molar-refractivity contribution is -0.0897. The zero-order valence-electron chi connectivity index (χ0n) is 12.0. The van der Waals surface area contributed by atoms with Crippen LogP contribution in [0.2, 0.25) is 0 Å². The van der Waals surface area contributed by atoms with Gasteiger partial charge in [-0.15, -0.1) is 0 Å². The highest BCUT2D eigenvalue weighted by atomic mass is 19.3. The highest BCUT2D eigenvalue weighted by Crippen LogP contribution is 2.66. The molecule has 0 aliphatic heterocycles. The topological polar surface area (TPSA) is 50.9 Å². The van der Waals surface area contributed by atoms with Gasteiger partial charge in [-0.05, 0) is 17.7 Å². The fourth-order valence-electron chi connectivity index (χ4n) is 2.85. The Hall–Kier alpha value is -1.89. The van der Waals surface area contributed by atoms with Crippen molar-refractivity contribution in [1.29, 1.82) is 0 Å². The Morgan fingerprint density at radius 3 is 2.45 bits per heavy atom. The van der Waals surface area contributed by atoms with Gasteiger partial charge in [0.2, 0.25) is 0 Å². The molecule has 0 saturated heterocycles. The Balaban J connectivity index is 1.91. The number of benzene rings is 1. The van der Waals surface area contributed by atoms with Crippen molar-refractivity contribution in [3.63, 3.8) is 0 Å². The van der Waals surface area contributed by atoms with Crippen LogP contribution in [-0.2, 0) is 13.0 Å². The van der Waals surface area contributed by atoms with E-state index >= 15 is 0 Å². The summed E-state index contributed by atoms with van der Waals surface area (Å²) in [6.45, 7) is 1.27. The number of aliphatic hydroxyl groups is 1. The zero-order valence-corrected chi connectivity index (χ0v) is 12.0. The molecule has 1 saturated carbocycles. The van der Waals surface area contributed by atoms with Crippen molar-refractivity contribution in [3.05, 3.63) is 48.3 Å². The van der Waals surface area contributed by atoms with E-state index in [9.17, 15) is 18.3 Å². The Morgan fingerprint density at radius 1 is 1.32 bits per heavy atom. The van der Waals surface area contributed by atoms with Crippen molar-refractivity contribution >= 4 is 0 Å². The molecule has 0 spiro atoms. The molecule has 3 rings (SSSR count). The third kappa shape index (κ3) is 2.39. The summed E-state index contributed by atoms with van der Waals surface area (Å²) in [5.74, 6) is -3.34. The monoisotopic (exact) mass is 311 g/mol. The second-order valence-electron chi connectivity index (χ2n) is 6.14. The van der Waals surface area contributed by atoms with Gasteiger partial charge in [-0.25, -0.2) is 18.2 Å². The molecule has 1 N–H and O–H groups in total. The number of alkyl halides is 2. The van der Waals surface area contributed by atoms with Crippen LogP contribution in [0, 0.1) is 11.2 Å². The molecule has 2 aromatic rings. The number of hydrogen-bond acceptors (Lipinski definition) is 3. The van der Waals surface area contributed by atoms with E-state index in [0.29, 0.717) is 5.56 Å². The second kappa shape index (κ2) is 4.81. The minimum absolute atomic E-state index is 0.0147. The van der Waals surface area contributed by atoms with Crippen LogP contribution in [0.4, 0.5) is 13.2 Å². The Morgan fingerprint density at radius 2 is 1.95 bits per heavy atom. The van der Waals surface area contributed by atoms with Crippen LogP contribution in [0.3, 0.4) is 0 Å². The van der Waals surface area contributed by atoms with E-state index < -0.39 is 22.8 Å². The SMILES string of the molecule is CC1(C(O)(Cc2ccc(F)cc2)Cn2cncn2)CC1(F)F. The van der Waals surface area contributed by atoms with Crippen molar-refractivity contribution < 1.29 is 18.3 Å². The minimum Gasteiger partial charge on any atom is -0.387 e. The van der Waals surface area contributed by atoms with Gasteiger partial charge >= 0.3 is 0 Å². The zero-order chi connectivity index (χ0) is 16.0. The van der Waals surface area contributed by atoms with Crippen molar-refractivity contribution in [2.45, 2.75) is 37.8 Å². The molecule has 22 heavy (non-hydrogen) atoms. The van der Waals surface area contributed by atoms with Crippen molar-refractivity contribution in [2.24, 2.45) is 5.41 Å². The molecule has 2 atom stereocenters. The van der Waals surface area contributed by atoms with Gasteiger partial charge in [-0.1, -0.05) is 19.1 Å². The fraction of sp³-hybridized carbons (Fsp3) is 0.467. The van der Waals surface area contributed by atoms with Gasteiger partial charge in [-0.2, -0.15) is 5.10 Å². The number of halogens is 3. The largest absolute Gasteiger partial charge is 0.387 e. The first kappa shape index (κ1) is 15.0. The number of rotatable bonds is 5. The van der Waals surface area contributed by atoms with Crippen LogP contribution < -0.4 is 0 Å². The van der Waals surface area contributed by atoms with E-state index in [0.717, 1.165) is 0 Å².